The Labute approximate surface area is 159 Å². The van der Waals surface area contributed by atoms with Gasteiger partial charge in [-0.1, -0.05) is 18.2 Å². The molecule has 1 saturated heterocycles. The third kappa shape index (κ3) is 3.30. The number of hydrogen-bond donors (Lipinski definition) is 0. The van der Waals surface area contributed by atoms with Crippen molar-refractivity contribution in [2.45, 2.75) is 25.2 Å². The molecule has 0 saturated carbocycles. The Bertz CT molecular complexity index is 912. The molecule has 2 aliphatic rings. The van der Waals surface area contributed by atoms with Crippen LogP contribution in [0.5, 0.6) is 0 Å². The molecule has 2 aliphatic heterocycles. The van der Waals surface area contributed by atoms with Gasteiger partial charge in [0.05, 0.1) is 17.3 Å². The van der Waals surface area contributed by atoms with E-state index in [4.69, 9.17) is 4.74 Å². The van der Waals surface area contributed by atoms with Gasteiger partial charge in [-0.05, 0) is 42.3 Å². The topological polar surface area (TPSA) is 49.9 Å². The Balaban J connectivity index is 1.62. The zero-order valence-corrected chi connectivity index (χ0v) is 14.8. The minimum Gasteiger partial charge on any atom is -0.447 e. The maximum atomic E-state index is 12.9. The van der Waals surface area contributed by atoms with Gasteiger partial charge in [0.2, 0.25) is 0 Å². The second kappa shape index (κ2) is 6.85. The zero-order chi connectivity index (χ0) is 19.9. The molecule has 28 heavy (non-hydrogen) atoms. The third-order valence-corrected chi connectivity index (χ3v) is 5.05. The molecule has 4 rings (SSSR count). The Hall–Kier alpha value is -3.03. The number of carbonyl (C=O) groups is 2. The number of halogens is 3. The number of fused-ring (bicyclic) bond motifs is 3. The molecular formula is C20H17F3N2O3. The van der Waals surface area contributed by atoms with E-state index in [-0.39, 0.29) is 30.7 Å². The highest BCUT2D eigenvalue weighted by Crippen LogP contribution is 2.32. The van der Waals surface area contributed by atoms with Crippen LogP contribution in [-0.2, 0) is 17.5 Å². The molecule has 5 nitrogen and oxygen atoms in total. The van der Waals surface area contributed by atoms with E-state index in [0.29, 0.717) is 18.7 Å². The number of amides is 2. The zero-order valence-electron chi connectivity index (χ0n) is 14.8. The summed E-state index contributed by atoms with van der Waals surface area (Å²) in [6.07, 6.45) is -4.33. The molecule has 1 unspecified atom stereocenters. The predicted molar refractivity (Wildman–Crippen MR) is 94.9 cm³/mol. The third-order valence-electron chi connectivity index (χ3n) is 5.05. The van der Waals surface area contributed by atoms with Crippen LogP contribution in [0.3, 0.4) is 0 Å². The number of rotatable bonds is 1. The van der Waals surface area contributed by atoms with Crippen LogP contribution in [0.25, 0.3) is 0 Å². The number of anilines is 1. The maximum Gasteiger partial charge on any atom is 0.416 e. The second-order valence-electron chi connectivity index (χ2n) is 6.82. The fourth-order valence-corrected chi connectivity index (χ4v) is 3.59. The number of carbonyl (C=O) groups excluding carboxylic acids is 2. The lowest BCUT2D eigenvalue weighted by molar-refractivity contribution is -0.137. The number of para-hydroxylation sites is 1. The van der Waals surface area contributed by atoms with Crippen molar-refractivity contribution in [2.24, 2.45) is 0 Å². The van der Waals surface area contributed by atoms with Crippen LogP contribution in [0.1, 0.15) is 27.9 Å². The standard InChI is InChI=1S/C20H17F3N2O3/c21-20(22,23)15-7-5-13(6-8-15)18(26)24-10-9-16-12-28-19(27)25(16)17-4-2-1-3-14(17)11-24/h1-8,16H,9-12H2. The van der Waals surface area contributed by atoms with Crippen molar-refractivity contribution >= 4 is 17.7 Å². The van der Waals surface area contributed by atoms with Crippen molar-refractivity contribution in [3.8, 4) is 0 Å². The number of alkyl halides is 3. The van der Waals surface area contributed by atoms with E-state index in [2.05, 4.69) is 0 Å². The van der Waals surface area contributed by atoms with Crippen LogP contribution in [0, 0.1) is 0 Å². The van der Waals surface area contributed by atoms with Crippen molar-refractivity contribution in [3.63, 3.8) is 0 Å². The van der Waals surface area contributed by atoms with Gasteiger partial charge >= 0.3 is 12.3 Å². The summed E-state index contributed by atoms with van der Waals surface area (Å²) < 4.78 is 43.4. The van der Waals surface area contributed by atoms with E-state index in [1.165, 1.54) is 12.1 Å². The Morgan fingerprint density at radius 1 is 1.07 bits per heavy atom. The Kier molecular flexibility index (Phi) is 4.49. The molecule has 2 heterocycles. The van der Waals surface area contributed by atoms with Crippen molar-refractivity contribution in [1.82, 2.24) is 4.90 Å². The molecule has 1 atom stereocenters. The van der Waals surface area contributed by atoms with Gasteiger partial charge in [-0.15, -0.1) is 0 Å². The van der Waals surface area contributed by atoms with Crippen molar-refractivity contribution in [2.75, 3.05) is 18.1 Å². The van der Waals surface area contributed by atoms with Gasteiger partial charge in [0.1, 0.15) is 6.61 Å². The SMILES string of the molecule is O=C(c1ccc(C(F)(F)F)cc1)N1CCC2COC(=O)N2c2ccccc2C1. The average molecular weight is 390 g/mol. The van der Waals surface area contributed by atoms with E-state index in [1.807, 2.05) is 18.2 Å². The van der Waals surface area contributed by atoms with Crippen LogP contribution in [-0.4, -0.2) is 36.1 Å². The van der Waals surface area contributed by atoms with Gasteiger partial charge in [-0.3, -0.25) is 9.69 Å². The van der Waals surface area contributed by atoms with E-state index in [1.54, 1.807) is 15.9 Å². The van der Waals surface area contributed by atoms with Gasteiger partial charge in [0, 0.05) is 18.7 Å². The lowest BCUT2D eigenvalue weighted by atomic mass is 10.0. The summed E-state index contributed by atoms with van der Waals surface area (Å²) in [5.74, 6) is -0.345. The van der Waals surface area contributed by atoms with Crippen molar-refractivity contribution < 1.29 is 27.5 Å². The van der Waals surface area contributed by atoms with Gasteiger partial charge in [0.15, 0.2) is 0 Å². The summed E-state index contributed by atoms with van der Waals surface area (Å²) in [6.45, 7) is 0.869. The molecule has 0 bridgehead atoms. The molecule has 146 valence electrons. The molecule has 0 N–H and O–H groups in total. The minimum absolute atomic E-state index is 0.183. The molecule has 0 spiro atoms. The molecule has 0 radical (unpaired) electrons. The highest BCUT2D eigenvalue weighted by Gasteiger charge is 2.37. The fourth-order valence-electron chi connectivity index (χ4n) is 3.59. The molecule has 2 aromatic rings. The fraction of sp³-hybridized carbons (Fsp3) is 0.300. The van der Waals surface area contributed by atoms with Gasteiger partial charge in [0.25, 0.3) is 5.91 Å². The quantitative estimate of drug-likeness (QED) is 0.737. The Morgan fingerprint density at radius 2 is 1.79 bits per heavy atom. The summed E-state index contributed by atoms with van der Waals surface area (Å²) >= 11 is 0. The highest BCUT2D eigenvalue weighted by atomic mass is 19.4. The monoisotopic (exact) mass is 390 g/mol. The van der Waals surface area contributed by atoms with Crippen LogP contribution >= 0.6 is 0 Å². The molecule has 1 fully saturated rings. The Morgan fingerprint density at radius 3 is 2.50 bits per heavy atom. The molecular weight excluding hydrogens is 373 g/mol. The van der Waals surface area contributed by atoms with E-state index >= 15 is 0 Å². The smallest absolute Gasteiger partial charge is 0.416 e. The van der Waals surface area contributed by atoms with Gasteiger partial charge in [-0.2, -0.15) is 13.2 Å². The van der Waals surface area contributed by atoms with Gasteiger partial charge in [-0.25, -0.2) is 4.79 Å². The van der Waals surface area contributed by atoms with E-state index < -0.39 is 17.8 Å². The van der Waals surface area contributed by atoms with Crippen LogP contribution < -0.4 is 4.90 Å². The summed E-state index contributed by atoms with van der Waals surface area (Å²) in [7, 11) is 0. The summed E-state index contributed by atoms with van der Waals surface area (Å²) in [4.78, 5) is 28.3. The first-order valence-corrected chi connectivity index (χ1v) is 8.85. The average Bonchev–Trinajstić information content (AvgIpc) is 3.02. The molecule has 8 heteroatoms. The first-order valence-electron chi connectivity index (χ1n) is 8.85. The summed E-state index contributed by atoms with van der Waals surface area (Å²) in [5, 5.41) is 0. The highest BCUT2D eigenvalue weighted by molar-refractivity contribution is 5.95. The maximum absolute atomic E-state index is 12.9. The van der Waals surface area contributed by atoms with Crippen molar-refractivity contribution in [3.05, 3.63) is 65.2 Å². The molecule has 2 aromatic carbocycles. The second-order valence-corrected chi connectivity index (χ2v) is 6.82. The number of hydrogen-bond acceptors (Lipinski definition) is 3. The molecule has 0 aliphatic carbocycles. The summed E-state index contributed by atoms with van der Waals surface area (Å²) in [6, 6.07) is 11.3. The van der Waals surface area contributed by atoms with Gasteiger partial charge < -0.3 is 9.64 Å². The normalized spacial score (nSPS) is 19.4. The van der Waals surface area contributed by atoms with E-state index in [9.17, 15) is 22.8 Å². The van der Waals surface area contributed by atoms with Crippen LogP contribution in [0.2, 0.25) is 0 Å². The van der Waals surface area contributed by atoms with Crippen molar-refractivity contribution in [1.29, 1.82) is 0 Å². The number of ether oxygens (including phenoxy) is 1. The molecule has 0 aromatic heterocycles. The summed E-state index contributed by atoms with van der Waals surface area (Å²) in [5.41, 5.74) is 0.882. The lowest BCUT2D eigenvalue weighted by Gasteiger charge is -2.32. The van der Waals surface area contributed by atoms with Crippen LogP contribution in [0.15, 0.2) is 48.5 Å². The number of nitrogens with zero attached hydrogens (tertiary/aromatic N) is 2. The molecule has 2 amide bonds. The largest absolute Gasteiger partial charge is 0.447 e. The lowest BCUT2D eigenvalue weighted by Crippen LogP contribution is -2.42. The number of benzene rings is 2. The first kappa shape index (κ1) is 18.3. The first-order chi connectivity index (χ1) is 13.3. The van der Waals surface area contributed by atoms with Crippen LogP contribution in [0.4, 0.5) is 23.7 Å². The minimum atomic E-state index is -4.44. The number of cyclic esters (lactones) is 1. The van der Waals surface area contributed by atoms with E-state index in [0.717, 1.165) is 17.7 Å². The predicted octanol–water partition coefficient (Wildman–Crippen LogP) is 4.08.